The Balaban J connectivity index is 4.25. The van der Waals surface area contributed by atoms with Gasteiger partial charge in [-0.05, 0) is 38.5 Å². The normalized spacial score (nSPS) is 12.9. The smallest absolute Gasteiger partial charge is 0.306 e. The predicted octanol–water partition coefficient (Wildman–Crippen LogP) is 12.5. The molecule has 2 atom stereocenters. The Labute approximate surface area is 359 Å². The van der Waals surface area contributed by atoms with Crippen molar-refractivity contribution in [3.05, 3.63) is 12.2 Å². The van der Waals surface area contributed by atoms with Crippen LogP contribution in [-0.4, -0.2) is 75.5 Å². The molecule has 342 valence electrons. The van der Waals surface area contributed by atoms with E-state index in [1.165, 1.54) is 154 Å². The molecule has 0 saturated heterocycles. The second kappa shape index (κ2) is 41.8. The molecule has 0 aliphatic carbocycles. The van der Waals surface area contributed by atoms with E-state index in [2.05, 4.69) is 26.0 Å². The number of hydrogen-bond donors (Lipinski definition) is 0. The van der Waals surface area contributed by atoms with Crippen molar-refractivity contribution in [2.75, 3.05) is 41.0 Å². The highest BCUT2D eigenvalue weighted by Crippen LogP contribution is 2.16. The van der Waals surface area contributed by atoms with E-state index in [9.17, 15) is 19.5 Å². The summed E-state index contributed by atoms with van der Waals surface area (Å²) in [6, 6.07) is -0.723. The number of aliphatic carboxylic acids is 1. The van der Waals surface area contributed by atoms with E-state index >= 15 is 0 Å². The van der Waals surface area contributed by atoms with Crippen molar-refractivity contribution in [3.63, 3.8) is 0 Å². The van der Waals surface area contributed by atoms with E-state index in [1.54, 1.807) is 21.1 Å². The maximum Gasteiger partial charge on any atom is 0.306 e. The van der Waals surface area contributed by atoms with Gasteiger partial charge in [0.2, 0.25) is 0 Å². The van der Waals surface area contributed by atoms with Crippen molar-refractivity contribution in [1.29, 1.82) is 0 Å². The maximum absolute atomic E-state index is 12.7. The molecular weight excluding hydrogens is 727 g/mol. The fourth-order valence-corrected chi connectivity index (χ4v) is 7.54. The Bertz CT molecular complexity index is 962. The van der Waals surface area contributed by atoms with Crippen LogP contribution in [0.15, 0.2) is 12.2 Å². The minimum atomic E-state index is -1.12. The second-order valence-electron chi connectivity index (χ2n) is 18.1. The molecule has 0 N–H and O–H groups in total. The van der Waals surface area contributed by atoms with Gasteiger partial charge in [0.25, 0.3) is 0 Å². The number of carboxylic acids is 1. The van der Waals surface area contributed by atoms with Crippen molar-refractivity contribution in [2.45, 2.75) is 251 Å². The van der Waals surface area contributed by atoms with Gasteiger partial charge in [-0.15, -0.1) is 0 Å². The summed E-state index contributed by atoms with van der Waals surface area (Å²) in [7, 11) is 5.42. The lowest BCUT2D eigenvalue weighted by Crippen LogP contribution is -2.55. The number of quaternary nitrogens is 1. The number of carbonyl (C=O) groups excluding carboxylic acids is 3. The van der Waals surface area contributed by atoms with E-state index in [-0.39, 0.29) is 42.7 Å². The van der Waals surface area contributed by atoms with Crippen LogP contribution in [0, 0.1) is 0 Å². The van der Waals surface area contributed by atoms with Gasteiger partial charge in [-0.25, -0.2) is 0 Å². The van der Waals surface area contributed by atoms with Gasteiger partial charge >= 0.3 is 11.9 Å². The van der Waals surface area contributed by atoms with Crippen LogP contribution in [-0.2, 0) is 28.6 Å². The van der Waals surface area contributed by atoms with Crippen LogP contribution < -0.4 is 5.11 Å². The summed E-state index contributed by atoms with van der Waals surface area (Å²) in [6.07, 6.45) is 45.2. The van der Waals surface area contributed by atoms with Gasteiger partial charge in [0, 0.05) is 19.3 Å². The van der Waals surface area contributed by atoms with Crippen LogP contribution in [0.25, 0.3) is 0 Å². The Morgan fingerprint density at radius 1 is 0.500 bits per heavy atom. The van der Waals surface area contributed by atoms with Crippen LogP contribution >= 0.6 is 0 Å². The molecule has 0 heterocycles. The van der Waals surface area contributed by atoms with Gasteiger partial charge in [-0.1, -0.05) is 193 Å². The Kier molecular flexibility index (Phi) is 40.4. The highest BCUT2D eigenvalue weighted by atomic mass is 16.6. The zero-order chi connectivity index (χ0) is 42.8. The van der Waals surface area contributed by atoms with Crippen LogP contribution in [0.3, 0.4) is 0 Å². The van der Waals surface area contributed by atoms with Crippen LogP contribution in [0.1, 0.15) is 239 Å². The first-order chi connectivity index (χ1) is 28.1. The molecule has 0 aliphatic rings. The Morgan fingerprint density at radius 2 is 0.862 bits per heavy atom. The van der Waals surface area contributed by atoms with Gasteiger partial charge < -0.3 is 28.6 Å². The zero-order valence-electron chi connectivity index (χ0n) is 39.0. The number of nitrogens with zero attached hydrogens (tertiary/aromatic N) is 1. The van der Waals surface area contributed by atoms with Gasteiger partial charge in [-0.2, -0.15) is 0 Å². The lowest BCUT2D eigenvalue weighted by Gasteiger charge is -2.34. The van der Waals surface area contributed by atoms with Gasteiger partial charge in [0.05, 0.1) is 40.3 Å². The monoisotopic (exact) mass is 822 g/mol. The number of rotatable bonds is 45. The predicted molar refractivity (Wildman–Crippen MR) is 241 cm³/mol. The lowest BCUT2D eigenvalue weighted by atomic mass is 10.0. The van der Waals surface area contributed by atoms with Crippen molar-refractivity contribution in [3.8, 4) is 0 Å². The molecule has 0 aliphatic heterocycles. The van der Waals surface area contributed by atoms with E-state index in [0.29, 0.717) is 12.8 Å². The first-order valence-corrected chi connectivity index (χ1v) is 24.7. The highest BCUT2D eigenvalue weighted by molar-refractivity contribution is 5.70. The molecule has 8 heteroatoms. The highest BCUT2D eigenvalue weighted by Gasteiger charge is 2.25. The summed E-state index contributed by atoms with van der Waals surface area (Å²) < 4.78 is 17.2. The van der Waals surface area contributed by atoms with Crippen molar-refractivity contribution >= 4 is 17.9 Å². The van der Waals surface area contributed by atoms with E-state index in [4.69, 9.17) is 14.2 Å². The molecule has 8 nitrogen and oxygen atoms in total. The average molecular weight is 822 g/mol. The summed E-state index contributed by atoms with van der Waals surface area (Å²) in [4.78, 5) is 37.0. The maximum atomic E-state index is 12.7. The number of allylic oxidation sites excluding steroid dienone is 2. The first kappa shape index (κ1) is 56.1. The van der Waals surface area contributed by atoms with Crippen molar-refractivity contribution in [2.24, 2.45) is 0 Å². The van der Waals surface area contributed by atoms with Crippen LogP contribution in [0.2, 0.25) is 0 Å². The standard InChI is InChI=1S/C50H95NO7/c1-6-8-10-12-14-16-18-20-22-24-25-27-28-30-32-34-36-38-40-48(52)57-45-46(44-56-43-42-47(50(54)55)51(3,4)5)58-49(53)41-39-37-35-33-31-29-26-23-21-19-17-15-13-11-9-7-2/h23,26,46-47H,6-22,24-25,27-45H2,1-5H3/b26-23-. The molecule has 0 aromatic rings. The molecule has 0 rings (SSSR count). The average Bonchev–Trinajstić information content (AvgIpc) is 3.18. The molecule has 0 amide bonds. The van der Waals surface area contributed by atoms with Crippen LogP contribution in [0.4, 0.5) is 0 Å². The number of unbranched alkanes of at least 4 members (excludes halogenated alkanes) is 29. The largest absolute Gasteiger partial charge is 0.544 e. The minimum Gasteiger partial charge on any atom is -0.544 e. The lowest BCUT2D eigenvalue weighted by molar-refractivity contribution is -0.889. The molecule has 2 unspecified atom stereocenters. The summed E-state index contributed by atoms with van der Waals surface area (Å²) >= 11 is 0. The van der Waals surface area contributed by atoms with Gasteiger partial charge in [0.15, 0.2) is 6.10 Å². The number of hydrogen-bond acceptors (Lipinski definition) is 7. The number of carbonyl (C=O) groups is 3. The van der Waals surface area contributed by atoms with Gasteiger partial charge in [-0.3, -0.25) is 9.59 Å². The molecule has 58 heavy (non-hydrogen) atoms. The SMILES string of the molecule is CCCCCCCCC/C=C\CCCCCCCC(=O)OC(COCCC(C(=O)[O-])[N+](C)(C)C)COC(=O)CCCCCCCCCCCCCCCCCCCC. The fourth-order valence-electron chi connectivity index (χ4n) is 7.54. The molecule has 0 spiro atoms. The molecule has 0 saturated carbocycles. The number of ether oxygens (including phenoxy) is 3. The van der Waals surface area contributed by atoms with Gasteiger partial charge in [0.1, 0.15) is 12.6 Å². The van der Waals surface area contributed by atoms with E-state index < -0.39 is 18.1 Å². The van der Waals surface area contributed by atoms with Crippen molar-refractivity contribution < 1.29 is 38.2 Å². The second-order valence-corrected chi connectivity index (χ2v) is 18.1. The third-order valence-corrected chi connectivity index (χ3v) is 11.4. The molecule has 0 aromatic carbocycles. The summed E-state index contributed by atoms with van der Waals surface area (Å²) in [5.74, 6) is -1.73. The molecule has 0 bridgehead atoms. The number of carboxylic acid groups (broad SMARTS) is 1. The molecule has 0 radical (unpaired) electrons. The summed E-state index contributed by atoms with van der Waals surface area (Å²) in [5.41, 5.74) is 0. The van der Waals surface area contributed by atoms with Crippen molar-refractivity contribution in [1.82, 2.24) is 0 Å². The molecule has 0 fully saturated rings. The minimum absolute atomic E-state index is 0.0433. The summed E-state index contributed by atoms with van der Waals surface area (Å²) in [5, 5.41) is 11.6. The third kappa shape index (κ3) is 39.5. The zero-order valence-corrected chi connectivity index (χ0v) is 39.0. The fraction of sp³-hybridized carbons (Fsp3) is 0.900. The van der Waals surface area contributed by atoms with Crippen LogP contribution in [0.5, 0.6) is 0 Å². The number of esters is 2. The Morgan fingerprint density at radius 3 is 1.24 bits per heavy atom. The van der Waals surface area contributed by atoms with E-state index in [0.717, 1.165) is 51.4 Å². The molecular formula is C50H95NO7. The topological polar surface area (TPSA) is 102 Å². The first-order valence-electron chi connectivity index (χ1n) is 24.7. The summed E-state index contributed by atoms with van der Waals surface area (Å²) in [6.45, 7) is 4.69. The number of likely N-dealkylation sites (N-methyl/N-ethyl adjacent to an activating group) is 1. The third-order valence-electron chi connectivity index (χ3n) is 11.4. The Hall–Kier alpha value is -1.93. The molecule has 0 aromatic heterocycles. The quantitative estimate of drug-likeness (QED) is 0.0261. The van der Waals surface area contributed by atoms with E-state index in [1.807, 2.05) is 0 Å².